The van der Waals surface area contributed by atoms with Gasteiger partial charge in [0, 0.05) is 13.0 Å². The highest BCUT2D eigenvalue weighted by Crippen LogP contribution is 2.37. The third-order valence-corrected chi connectivity index (χ3v) is 2.94. The van der Waals surface area contributed by atoms with Crippen molar-refractivity contribution in [3.63, 3.8) is 0 Å². The van der Waals surface area contributed by atoms with Gasteiger partial charge in [0.1, 0.15) is 0 Å². The molecular weight excluding hydrogens is 170 g/mol. The molecule has 72 valence electrons. The Morgan fingerprint density at radius 1 is 1.54 bits per heavy atom. The van der Waals surface area contributed by atoms with E-state index in [1.54, 1.807) is 0 Å². The van der Waals surface area contributed by atoms with E-state index >= 15 is 0 Å². The van der Waals surface area contributed by atoms with Crippen LogP contribution in [0.3, 0.4) is 0 Å². The summed E-state index contributed by atoms with van der Waals surface area (Å²) in [6.45, 7) is 2.52. The number of hydrogen-bond donors (Lipinski definition) is 1. The van der Waals surface area contributed by atoms with Crippen LogP contribution in [0.1, 0.15) is 26.2 Å². The quantitative estimate of drug-likeness (QED) is 0.591. The highest BCUT2D eigenvalue weighted by atomic mass is 16.5. The molecule has 13 heavy (non-hydrogen) atoms. The lowest BCUT2D eigenvalue weighted by atomic mass is 9.81. The second kappa shape index (κ2) is 2.80. The van der Waals surface area contributed by atoms with Crippen LogP contribution in [0, 0.1) is 5.41 Å². The van der Waals surface area contributed by atoms with Crippen LogP contribution in [0.15, 0.2) is 0 Å². The number of imide groups is 1. The van der Waals surface area contributed by atoms with E-state index < -0.39 is 5.41 Å². The zero-order valence-corrected chi connectivity index (χ0v) is 7.63. The van der Waals surface area contributed by atoms with Crippen LogP contribution >= 0.6 is 0 Å². The topological polar surface area (TPSA) is 55.4 Å². The lowest BCUT2D eigenvalue weighted by Gasteiger charge is -2.25. The number of rotatable bonds is 1. The smallest absolute Gasteiger partial charge is 0.235 e. The predicted molar refractivity (Wildman–Crippen MR) is 44.8 cm³/mol. The first-order valence-corrected chi connectivity index (χ1v) is 4.59. The van der Waals surface area contributed by atoms with E-state index in [1.807, 2.05) is 6.92 Å². The molecule has 0 saturated carbocycles. The van der Waals surface area contributed by atoms with Crippen LogP contribution in [-0.4, -0.2) is 24.5 Å². The molecular formula is C9H13NO3. The summed E-state index contributed by atoms with van der Waals surface area (Å²) in [6, 6.07) is 0. The molecule has 0 aromatic rings. The van der Waals surface area contributed by atoms with Crippen molar-refractivity contribution in [1.29, 1.82) is 0 Å². The van der Waals surface area contributed by atoms with Gasteiger partial charge in [-0.3, -0.25) is 14.9 Å². The zero-order chi connectivity index (χ0) is 9.47. The molecule has 4 heteroatoms. The van der Waals surface area contributed by atoms with Crippen LogP contribution in [-0.2, 0) is 14.3 Å². The number of carbonyl (C=O) groups is 2. The van der Waals surface area contributed by atoms with Crippen molar-refractivity contribution >= 4 is 11.8 Å². The van der Waals surface area contributed by atoms with E-state index in [4.69, 9.17) is 4.74 Å². The van der Waals surface area contributed by atoms with Gasteiger partial charge in [-0.1, -0.05) is 0 Å². The average molecular weight is 183 g/mol. The highest BCUT2D eigenvalue weighted by molar-refractivity contribution is 6.06. The minimum Gasteiger partial charge on any atom is -0.377 e. The molecule has 0 radical (unpaired) electrons. The van der Waals surface area contributed by atoms with E-state index in [1.165, 1.54) is 0 Å². The van der Waals surface area contributed by atoms with Crippen LogP contribution in [0.4, 0.5) is 0 Å². The summed E-state index contributed by atoms with van der Waals surface area (Å²) in [4.78, 5) is 22.5. The molecule has 2 saturated heterocycles. The Morgan fingerprint density at radius 3 is 2.77 bits per heavy atom. The van der Waals surface area contributed by atoms with Crippen LogP contribution in [0.5, 0.6) is 0 Å². The molecule has 2 aliphatic heterocycles. The molecule has 0 aromatic carbocycles. The summed E-state index contributed by atoms with van der Waals surface area (Å²) in [5, 5.41) is 2.33. The second-order valence-electron chi connectivity index (χ2n) is 3.97. The summed E-state index contributed by atoms with van der Waals surface area (Å²) < 4.78 is 5.45. The van der Waals surface area contributed by atoms with Gasteiger partial charge in [0.05, 0.1) is 11.5 Å². The fourth-order valence-corrected chi connectivity index (χ4v) is 2.07. The first-order valence-electron chi connectivity index (χ1n) is 4.59. The predicted octanol–water partition coefficient (Wildman–Crippen LogP) is 0.218. The Balaban J connectivity index is 2.18. The standard InChI is InChI=1S/C9H13NO3/c1-9(6-3-2-4-13-6)5-7(11)10-8(9)12/h6H,2-5H2,1H3,(H,10,11,12). The van der Waals surface area contributed by atoms with Gasteiger partial charge in [0.2, 0.25) is 11.8 Å². The molecule has 2 heterocycles. The Bertz CT molecular complexity index is 258. The SMILES string of the molecule is CC1(C2CCCO2)CC(=O)NC1=O. The maximum atomic E-state index is 11.5. The van der Waals surface area contributed by atoms with Gasteiger partial charge in [-0.15, -0.1) is 0 Å². The first kappa shape index (κ1) is 8.69. The Labute approximate surface area is 76.6 Å². The summed E-state index contributed by atoms with van der Waals surface area (Å²) >= 11 is 0. The van der Waals surface area contributed by atoms with Gasteiger partial charge in [-0.05, 0) is 19.8 Å². The third kappa shape index (κ3) is 1.25. The number of amides is 2. The lowest BCUT2D eigenvalue weighted by Crippen LogP contribution is -2.38. The largest absolute Gasteiger partial charge is 0.377 e. The molecule has 1 N–H and O–H groups in total. The minimum atomic E-state index is -0.617. The molecule has 2 unspecified atom stereocenters. The maximum Gasteiger partial charge on any atom is 0.235 e. The summed E-state index contributed by atoms with van der Waals surface area (Å²) in [7, 11) is 0. The number of hydrogen-bond acceptors (Lipinski definition) is 3. The maximum absolute atomic E-state index is 11.5. The molecule has 2 fully saturated rings. The summed E-state index contributed by atoms with van der Waals surface area (Å²) in [5.41, 5.74) is -0.617. The zero-order valence-electron chi connectivity index (χ0n) is 7.63. The Hall–Kier alpha value is -0.900. The summed E-state index contributed by atoms with van der Waals surface area (Å²) in [5.74, 6) is -0.354. The number of carbonyl (C=O) groups excluding carboxylic acids is 2. The number of ether oxygens (including phenoxy) is 1. The van der Waals surface area contributed by atoms with Crippen molar-refractivity contribution in [2.24, 2.45) is 5.41 Å². The molecule has 0 aliphatic carbocycles. The van der Waals surface area contributed by atoms with E-state index in [0.717, 1.165) is 12.8 Å². The number of nitrogens with one attached hydrogen (secondary N) is 1. The Kier molecular flexibility index (Phi) is 1.87. The second-order valence-corrected chi connectivity index (χ2v) is 3.97. The van der Waals surface area contributed by atoms with Crippen LogP contribution in [0.25, 0.3) is 0 Å². The molecule has 2 atom stereocenters. The molecule has 2 aliphatic rings. The van der Waals surface area contributed by atoms with Gasteiger partial charge in [-0.25, -0.2) is 0 Å². The molecule has 0 aromatic heterocycles. The monoisotopic (exact) mass is 183 g/mol. The van der Waals surface area contributed by atoms with Crippen molar-refractivity contribution in [2.45, 2.75) is 32.3 Å². The molecule has 0 spiro atoms. The van der Waals surface area contributed by atoms with Gasteiger partial charge >= 0.3 is 0 Å². The minimum absolute atomic E-state index is 0.0704. The molecule has 4 nitrogen and oxygen atoms in total. The fraction of sp³-hybridized carbons (Fsp3) is 0.778. The highest BCUT2D eigenvalue weighted by Gasteiger charge is 2.49. The molecule has 2 amide bonds. The molecule has 2 rings (SSSR count). The fourth-order valence-electron chi connectivity index (χ4n) is 2.07. The van der Waals surface area contributed by atoms with Crippen molar-refractivity contribution < 1.29 is 14.3 Å². The van der Waals surface area contributed by atoms with Crippen molar-refractivity contribution in [3.05, 3.63) is 0 Å². The first-order chi connectivity index (χ1) is 6.13. The third-order valence-electron chi connectivity index (χ3n) is 2.94. The normalized spacial score (nSPS) is 39.6. The van der Waals surface area contributed by atoms with Crippen LogP contribution < -0.4 is 5.32 Å². The summed E-state index contributed by atoms with van der Waals surface area (Å²) in [6.07, 6.45) is 2.08. The average Bonchev–Trinajstić information content (AvgIpc) is 2.61. The van der Waals surface area contributed by atoms with Crippen LogP contribution in [0.2, 0.25) is 0 Å². The molecule has 0 bridgehead atoms. The lowest BCUT2D eigenvalue weighted by molar-refractivity contribution is -0.133. The van der Waals surface area contributed by atoms with E-state index in [9.17, 15) is 9.59 Å². The van der Waals surface area contributed by atoms with Gasteiger partial charge in [0.15, 0.2) is 0 Å². The van der Waals surface area contributed by atoms with Crippen molar-refractivity contribution in [3.8, 4) is 0 Å². The van der Waals surface area contributed by atoms with Gasteiger partial charge in [-0.2, -0.15) is 0 Å². The van der Waals surface area contributed by atoms with Crippen molar-refractivity contribution in [1.82, 2.24) is 5.32 Å². The van der Waals surface area contributed by atoms with Crippen molar-refractivity contribution in [2.75, 3.05) is 6.61 Å². The van der Waals surface area contributed by atoms with Gasteiger partial charge in [0.25, 0.3) is 0 Å². The van der Waals surface area contributed by atoms with Gasteiger partial charge < -0.3 is 4.74 Å². The van der Waals surface area contributed by atoms with E-state index in [0.29, 0.717) is 6.61 Å². The van der Waals surface area contributed by atoms with E-state index in [2.05, 4.69) is 5.32 Å². The Morgan fingerprint density at radius 2 is 2.31 bits per heavy atom. The van der Waals surface area contributed by atoms with E-state index in [-0.39, 0.29) is 24.3 Å².